The van der Waals surface area contributed by atoms with Crippen LogP contribution < -0.4 is 0 Å². The van der Waals surface area contributed by atoms with E-state index in [4.69, 9.17) is 0 Å². The fraction of sp³-hybridized carbons (Fsp3) is 0.300. The van der Waals surface area contributed by atoms with Gasteiger partial charge < -0.3 is 5.11 Å². The first-order valence-corrected chi connectivity index (χ1v) is 5.08. The van der Waals surface area contributed by atoms with Crippen molar-refractivity contribution in [3.8, 4) is 0 Å². The first kappa shape index (κ1) is 9.55. The quantitative estimate of drug-likeness (QED) is 0.786. The molecule has 0 aliphatic rings. The second-order valence-electron chi connectivity index (χ2n) is 3.66. The van der Waals surface area contributed by atoms with E-state index in [-0.39, 0.29) is 5.82 Å². The van der Waals surface area contributed by atoms with Crippen LogP contribution >= 0.6 is 11.3 Å². The topological polar surface area (TPSA) is 33.1 Å². The molecule has 74 valence electrons. The molecule has 0 atom stereocenters. The normalized spacial score (nSPS) is 12.3. The zero-order valence-corrected chi connectivity index (χ0v) is 8.73. The average molecular weight is 211 g/mol. The minimum absolute atomic E-state index is 0.339. The molecule has 2 aromatic rings. The van der Waals surface area contributed by atoms with Gasteiger partial charge in [-0.15, -0.1) is 11.3 Å². The average Bonchev–Trinajstić information content (AvgIpc) is 2.48. The number of rotatable bonds is 1. The van der Waals surface area contributed by atoms with Gasteiger partial charge in [0.05, 0.1) is 4.70 Å². The summed E-state index contributed by atoms with van der Waals surface area (Å²) in [5.41, 5.74) is -0.662. The van der Waals surface area contributed by atoms with E-state index in [1.54, 1.807) is 26.0 Å². The van der Waals surface area contributed by atoms with Crippen molar-refractivity contribution >= 4 is 21.6 Å². The summed E-state index contributed by atoms with van der Waals surface area (Å²) in [5.74, 6) is -0.339. The predicted octanol–water partition coefficient (Wildman–Crippen LogP) is 2.66. The lowest BCUT2D eigenvalue weighted by Crippen LogP contribution is -2.14. The summed E-state index contributed by atoms with van der Waals surface area (Å²) in [6.07, 6.45) is 0. The SMILES string of the molecule is CC(C)(O)c1nc2c(F)cccc2s1. The molecule has 0 amide bonds. The van der Waals surface area contributed by atoms with Crippen LogP contribution in [0.2, 0.25) is 0 Å². The number of aromatic nitrogens is 1. The van der Waals surface area contributed by atoms with Crippen molar-refractivity contribution in [1.29, 1.82) is 0 Å². The Morgan fingerprint density at radius 3 is 2.71 bits per heavy atom. The Morgan fingerprint density at radius 2 is 2.14 bits per heavy atom. The van der Waals surface area contributed by atoms with Crippen molar-refractivity contribution in [2.24, 2.45) is 0 Å². The maximum Gasteiger partial charge on any atom is 0.150 e. The van der Waals surface area contributed by atoms with Crippen LogP contribution in [0.25, 0.3) is 10.2 Å². The van der Waals surface area contributed by atoms with E-state index in [2.05, 4.69) is 4.98 Å². The Labute approximate surface area is 85.0 Å². The van der Waals surface area contributed by atoms with Crippen LogP contribution in [0, 0.1) is 5.82 Å². The van der Waals surface area contributed by atoms with Crippen LogP contribution in [0.1, 0.15) is 18.9 Å². The third-order valence-corrected chi connectivity index (χ3v) is 3.23. The molecule has 0 aliphatic carbocycles. The molecule has 0 bridgehead atoms. The molecule has 1 aromatic heterocycles. The first-order valence-electron chi connectivity index (χ1n) is 4.26. The lowest BCUT2D eigenvalue weighted by Gasteiger charge is -2.11. The number of nitrogens with zero attached hydrogens (tertiary/aromatic N) is 1. The molecule has 0 fully saturated rings. The number of fused-ring (bicyclic) bond motifs is 1. The lowest BCUT2D eigenvalue weighted by atomic mass is 10.1. The number of aliphatic hydroxyl groups is 1. The number of hydrogen-bond acceptors (Lipinski definition) is 3. The first-order chi connectivity index (χ1) is 6.48. The molecule has 14 heavy (non-hydrogen) atoms. The van der Waals surface area contributed by atoms with Crippen molar-refractivity contribution in [2.75, 3.05) is 0 Å². The molecule has 2 rings (SSSR count). The fourth-order valence-electron chi connectivity index (χ4n) is 1.18. The second kappa shape index (κ2) is 3.00. The smallest absolute Gasteiger partial charge is 0.150 e. The molecule has 0 saturated heterocycles. The van der Waals surface area contributed by atoms with Gasteiger partial charge in [-0.3, -0.25) is 0 Å². The van der Waals surface area contributed by atoms with E-state index in [1.807, 2.05) is 0 Å². The molecule has 0 aliphatic heterocycles. The standard InChI is InChI=1S/C10H10FNOS/c1-10(2,13)9-12-8-6(11)4-3-5-7(8)14-9/h3-5,13H,1-2H3. The van der Waals surface area contributed by atoms with Crippen molar-refractivity contribution < 1.29 is 9.50 Å². The number of para-hydroxylation sites is 1. The van der Waals surface area contributed by atoms with Crippen molar-refractivity contribution in [3.63, 3.8) is 0 Å². The van der Waals surface area contributed by atoms with Gasteiger partial charge in [0, 0.05) is 0 Å². The van der Waals surface area contributed by atoms with Gasteiger partial charge in [-0.25, -0.2) is 9.37 Å². The molecule has 1 N–H and O–H groups in total. The van der Waals surface area contributed by atoms with Crippen LogP contribution in [-0.4, -0.2) is 10.1 Å². The predicted molar refractivity (Wildman–Crippen MR) is 54.8 cm³/mol. The summed E-state index contributed by atoms with van der Waals surface area (Å²) in [6.45, 7) is 3.28. The molecule has 2 nitrogen and oxygen atoms in total. The third-order valence-electron chi connectivity index (χ3n) is 1.89. The highest BCUT2D eigenvalue weighted by molar-refractivity contribution is 7.18. The molecule has 0 saturated carbocycles. The van der Waals surface area contributed by atoms with Crippen LogP contribution in [-0.2, 0) is 5.60 Å². The molecule has 0 radical (unpaired) electrons. The third kappa shape index (κ3) is 1.51. The minimum Gasteiger partial charge on any atom is -0.383 e. The van der Waals surface area contributed by atoms with Crippen LogP contribution in [0.4, 0.5) is 4.39 Å². The van der Waals surface area contributed by atoms with Gasteiger partial charge in [-0.05, 0) is 26.0 Å². The molecule has 0 spiro atoms. The lowest BCUT2D eigenvalue weighted by molar-refractivity contribution is 0.0785. The summed E-state index contributed by atoms with van der Waals surface area (Å²) < 4.78 is 14.0. The van der Waals surface area contributed by atoms with Gasteiger partial charge >= 0.3 is 0 Å². The molecule has 4 heteroatoms. The Hall–Kier alpha value is -1.000. The van der Waals surface area contributed by atoms with Gasteiger partial charge in [0.25, 0.3) is 0 Å². The summed E-state index contributed by atoms with van der Waals surface area (Å²) in [6, 6.07) is 4.81. The van der Waals surface area contributed by atoms with Crippen LogP contribution in [0.15, 0.2) is 18.2 Å². The summed E-state index contributed by atoms with van der Waals surface area (Å²) in [5, 5.41) is 10.2. The fourth-order valence-corrected chi connectivity index (χ4v) is 2.16. The number of benzene rings is 1. The Morgan fingerprint density at radius 1 is 1.43 bits per heavy atom. The van der Waals surface area contributed by atoms with Gasteiger partial charge in [-0.1, -0.05) is 6.07 Å². The van der Waals surface area contributed by atoms with E-state index in [1.165, 1.54) is 17.4 Å². The van der Waals surface area contributed by atoms with Crippen molar-refractivity contribution in [2.45, 2.75) is 19.4 Å². The summed E-state index contributed by atoms with van der Waals surface area (Å²) >= 11 is 1.32. The Balaban J connectivity index is 2.69. The number of halogens is 1. The Bertz CT molecular complexity index is 472. The number of thiazole rings is 1. The highest BCUT2D eigenvalue weighted by Gasteiger charge is 2.21. The highest BCUT2D eigenvalue weighted by Crippen LogP contribution is 2.30. The van der Waals surface area contributed by atoms with E-state index in [0.29, 0.717) is 10.5 Å². The summed E-state index contributed by atoms with van der Waals surface area (Å²) in [7, 11) is 0. The Kier molecular flexibility index (Phi) is 2.05. The monoisotopic (exact) mass is 211 g/mol. The van der Waals surface area contributed by atoms with Gasteiger partial charge in [0.1, 0.15) is 21.9 Å². The van der Waals surface area contributed by atoms with Gasteiger partial charge in [-0.2, -0.15) is 0 Å². The van der Waals surface area contributed by atoms with E-state index in [9.17, 15) is 9.50 Å². The van der Waals surface area contributed by atoms with Gasteiger partial charge in [0.2, 0.25) is 0 Å². The van der Waals surface area contributed by atoms with Crippen LogP contribution in [0.5, 0.6) is 0 Å². The van der Waals surface area contributed by atoms with Gasteiger partial charge in [0.15, 0.2) is 0 Å². The zero-order chi connectivity index (χ0) is 10.3. The molecule has 1 heterocycles. The van der Waals surface area contributed by atoms with E-state index in [0.717, 1.165) is 4.70 Å². The number of hydrogen-bond donors (Lipinski definition) is 1. The highest BCUT2D eigenvalue weighted by atomic mass is 32.1. The molecule has 1 aromatic carbocycles. The van der Waals surface area contributed by atoms with Crippen LogP contribution in [0.3, 0.4) is 0 Å². The van der Waals surface area contributed by atoms with Crippen molar-refractivity contribution in [3.05, 3.63) is 29.0 Å². The molecule has 0 unspecified atom stereocenters. The largest absolute Gasteiger partial charge is 0.383 e. The molecular formula is C10H10FNOS. The maximum atomic E-state index is 13.3. The van der Waals surface area contributed by atoms with E-state index >= 15 is 0 Å². The minimum atomic E-state index is -1.00. The molecular weight excluding hydrogens is 201 g/mol. The second-order valence-corrected chi connectivity index (χ2v) is 4.70. The maximum absolute atomic E-state index is 13.3. The van der Waals surface area contributed by atoms with E-state index < -0.39 is 5.60 Å². The summed E-state index contributed by atoms with van der Waals surface area (Å²) in [4.78, 5) is 4.08. The zero-order valence-electron chi connectivity index (χ0n) is 7.91. The van der Waals surface area contributed by atoms with Crippen molar-refractivity contribution in [1.82, 2.24) is 4.98 Å².